The molecular formula is C15H20ClN3S. The SMILES string of the molecule is CCNC(CSc1cccc(Cl)c1)c1cnn(CC)c1. The first-order chi connectivity index (χ1) is 9.72. The van der Waals surface area contributed by atoms with E-state index in [1.165, 1.54) is 10.5 Å². The summed E-state index contributed by atoms with van der Waals surface area (Å²) in [6.07, 6.45) is 4.07. The molecule has 2 aromatic rings. The summed E-state index contributed by atoms with van der Waals surface area (Å²) in [6.45, 7) is 6.07. The maximum atomic E-state index is 6.02. The van der Waals surface area contributed by atoms with Crippen molar-refractivity contribution in [3.8, 4) is 0 Å². The van der Waals surface area contributed by atoms with Crippen LogP contribution >= 0.6 is 23.4 Å². The standard InChI is InChI=1S/C15H20ClN3S/c1-3-17-15(12-9-18-19(4-2)10-12)11-20-14-7-5-6-13(16)8-14/h5-10,15,17H,3-4,11H2,1-2H3. The van der Waals surface area contributed by atoms with E-state index in [-0.39, 0.29) is 0 Å². The third-order valence-corrected chi connectivity index (χ3v) is 4.37. The zero-order valence-corrected chi connectivity index (χ0v) is 13.4. The summed E-state index contributed by atoms with van der Waals surface area (Å²) >= 11 is 7.83. The van der Waals surface area contributed by atoms with Gasteiger partial charge in [-0.05, 0) is 31.7 Å². The summed E-state index contributed by atoms with van der Waals surface area (Å²) in [5, 5.41) is 8.65. The lowest BCUT2D eigenvalue weighted by Gasteiger charge is -2.16. The van der Waals surface area contributed by atoms with E-state index in [0.717, 1.165) is 23.9 Å². The molecule has 1 aromatic heterocycles. The third kappa shape index (κ3) is 4.27. The molecule has 5 heteroatoms. The highest BCUT2D eigenvalue weighted by molar-refractivity contribution is 7.99. The monoisotopic (exact) mass is 309 g/mol. The van der Waals surface area contributed by atoms with Gasteiger partial charge in [0.2, 0.25) is 0 Å². The molecule has 0 saturated heterocycles. The fourth-order valence-electron chi connectivity index (χ4n) is 1.99. The molecule has 0 saturated carbocycles. The molecule has 1 N–H and O–H groups in total. The lowest BCUT2D eigenvalue weighted by atomic mass is 10.2. The van der Waals surface area contributed by atoms with Gasteiger partial charge in [-0.3, -0.25) is 4.68 Å². The normalized spacial score (nSPS) is 12.6. The molecule has 1 unspecified atom stereocenters. The second-order valence-electron chi connectivity index (χ2n) is 4.51. The first-order valence-electron chi connectivity index (χ1n) is 6.87. The summed E-state index contributed by atoms with van der Waals surface area (Å²) in [7, 11) is 0. The number of aryl methyl sites for hydroxylation is 1. The van der Waals surface area contributed by atoms with E-state index in [0.29, 0.717) is 6.04 Å². The van der Waals surface area contributed by atoms with Gasteiger partial charge < -0.3 is 5.32 Å². The smallest absolute Gasteiger partial charge is 0.0537 e. The van der Waals surface area contributed by atoms with Crippen LogP contribution in [0.5, 0.6) is 0 Å². The van der Waals surface area contributed by atoms with Crippen molar-refractivity contribution in [3.63, 3.8) is 0 Å². The summed E-state index contributed by atoms with van der Waals surface area (Å²) in [6, 6.07) is 8.30. The van der Waals surface area contributed by atoms with Gasteiger partial charge in [0, 0.05) is 40.0 Å². The molecule has 1 heterocycles. The van der Waals surface area contributed by atoms with Gasteiger partial charge in [-0.15, -0.1) is 11.8 Å². The second kappa shape index (κ2) is 7.72. The Hall–Kier alpha value is -0.970. The fourth-order valence-corrected chi connectivity index (χ4v) is 3.30. The average Bonchev–Trinajstić information content (AvgIpc) is 2.92. The van der Waals surface area contributed by atoms with Gasteiger partial charge in [-0.2, -0.15) is 5.10 Å². The van der Waals surface area contributed by atoms with Gasteiger partial charge in [0.25, 0.3) is 0 Å². The highest BCUT2D eigenvalue weighted by Crippen LogP contribution is 2.26. The topological polar surface area (TPSA) is 29.9 Å². The Morgan fingerprint density at radius 2 is 2.25 bits per heavy atom. The Bertz CT molecular complexity index is 541. The van der Waals surface area contributed by atoms with Crippen molar-refractivity contribution < 1.29 is 0 Å². The van der Waals surface area contributed by atoms with Gasteiger partial charge in [0.05, 0.1) is 6.20 Å². The molecule has 0 amide bonds. The summed E-state index contributed by atoms with van der Waals surface area (Å²) in [5.74, 6) is 0.962. The fraction of sp³-hybridized carbons (Fsp3) is 0.400. The summed E-state index contributed by atoms with van der Waals surface area (Å²) in [5.41, 5.74) is 1.24. The minimum atomic E-state index is 0.310. The van der Waals surface area contributed by atoms with E-state index in [1.54, 1.807) is 0 Å². The van der Waals surface area contributed by atoms with Crippen molar-refractivity contribution in [2.45, 2.75) is 31.3 Å². The molecule has 1 atom stereocenters. The van der Waals surface area contributed by atoms with E-state index >= 15 is 0 Å². The molecule has 1 aromatic carbocycles. The Balaban J connectivity index is 2.02. The maximum Gasteiger partial charge on any atom is 0.0537 e. The second-order valence-corrected chi connectivity index (χ2v) is 6.04. The highest BCUT2D eigenvalue weighted by Gasteiger charge is 2.13. The molecule has 0 bridgehead atoms. The Morgan fingerprint density at radius 3 is 2.90 bits per heavy atom. The summed E-state index contributed by atoms with van der Waals surface area (Å²) in [4.78, 5) is 1.20. The molecule has 2 rings (SSSR count). The van der Waals surface area contributed by atoms with Crippen LogP contribution in [0.25, 0.3) is 0 Å². The van der Waals surface area contributed by atoms with Gasteiger partial charge in [-0.1, -0.05) is 24.6 Å². The molecular weight excluding hydrogens is 290 g/mol. The number of nitrogens with zero attached hydrogens (tertiary/aromatic N) is 2. The quantitative estimate of drug-likeness (QED) is 0.784. The van der Waals surface area contributed by atoms with Crippen LogP contribution in [-0.4, -0.2) is 22.1 Å². The maximum absolute atomic E-state index is 6.02. The zero-order valence-electron chi connectivity index (χ0n) is 11.8. The van der Waals surface area contributed by atoms with E-state index in [4.69, 9.17) is 11.6 Å². The van der Waals surface area contributed by atoms with Crippen LogP contribution in [0.4, 0.5) is 0 Å². The van der Waals surface area contributed by atoms with E-state index in [2.05, 4.69) is 36.5 Å². The van der Waals surface area contributed by atoms with Crippen LogP contribution in [0.3, 0.4) is 0 Å². The number of nitrogens with one attached hydrogen (secondary N) is 1. The lowest BCUT2D eigenvalue weighted by Crippen LogP contribution is -2.22. The van der Waals surface area contributed by atoms with Gasteiger partial charge in [0.1, 0.15) is 0 Å². The first-order valence-corrected chi connectivity index (χ1v) is 8.23. The van der Waals surface area contributed by atoms with Crippen molar-refractivity contribution in [1.29, 1.82) is 0 Å². The number of aromatic nitrogens is 2. The van der Waals surface area contributed by atoms with Crippen molar-refractivity contribution in [1.82, 2.24) is 15.1 Å². The van der Waals surface area contributed by atoms with E-state index in [1.807, 2.05) is 40.8 Å². The summed E-state index contributed by atoms with van der Waals surface area (Å²) < 4.78 is 1.96. The first kappa shape index (κ1) is 15.4. The van der Waals surface area contributed by atoms with Crippen LogP contribution in [0, 0.1) is 0 Å². The third-order valence-electron chi connectivity index (χ3n) is 3.04. The van der Waals surface area contributed by atoms with Crippen LogP contribution < -0.4 is 5.32 Å². The largest absolute Gasteiger partial charge is 0.309 e. The molecule has 0 spiro atoms. The predicted molar refractivity (Wildman–Crippen MR) is 86.5 cm³/mol. The molecule has 20 heavy (non-hydrogen) atoms. The minimum absolute atomic E-state index is 0.310. The Kier molecular flexibility index (Phi) is 5.95. The number of hydrogen-bond donors (Lipinski definition) is 1. The molecule has 0 aliphatic carbocycles. The Labute approximate surface area is 129 Å². The van der Waals surface area contributed by atoms with Gasteiger partial charge >= 0.3 is 0 Å². The predicted octanol–water partition coefficient (Wildman–Crippen LogP) is 4.00. The van der Waals surface area contributed by atoms with E-state index < -0.39 is 0 Å². The molecule has 3 nitrogen and oxygen atoms in total. The van der Waals surface area contributed by atoms with Crippen LogP contribution in [-0.2, 0) is 6.54 Å². The zero-order chi connectivity index (χ0) is 14.4. The minimum Gasteiger partial charge on any atom is -0.309 e. The number of rotatable bonds is 7. The molecule has 0 radical (unpaired) electrons. The highest BCUT2D eigenvalue weighted by atomic mass is 35.5. The van der Waals surface area contributed by atoms with Crippen LogP contribution in [0.15, 0.2) is 41.6 Å². The molecule has 0 fully saturated rings. The molecule has 108 valence electrons. The molecule has 0 aliphatic heterocycles. The number of benzene rings is 1. The lowest BCUT2D eigenvalue weighted by molar-refractivity contribution is 0.603. The van der Waals surface area contributed by atoms with Crippen molar-refractivity contribution in [3.05, 3.63) is 47.2 Å². The van der Waals surface area contributed by atoms with Crippen molar-refractivity contribution in [2.75, 3.05) is 12.3 Å². The van der Waals surface area contributed by atoms with Gasteiger partial charge in [-0.25, -0.2) is 0 Å². The van der Waals surface area contributed by atoms with Crippen LogP contribution in [0.2, 0.25) is 5.02 Å². The number of halogens is 1. The molecule has 0 aliphatic rings. The number of hydrogen-bond acceptors (Lipinski definition) is 3. The Morgan fingerprint density at radius 1 is 1.40 bits per heavy atom. The average molecular weight is 310 g/mol. The number of thioether (sulfide) groups is 1. The van der Waals surface area contributed by atoms with Crippen molar-refractivity contribution >= 4 is 23.4 Å². The van der Waals surface area contributed by atoms with Gasteiger partial charge in [0.15, 0.2) is 0 Å². The van der Waals surface area contributed by atoms with E-state index in [9.17, 15) is 0 Å². The van der Waals surface area contributed by atoms with Crippen LogP contribution in [0.1, 0.15) is 25.5 Å². The van der Waals surface area contributed by atoms with Crippen molar-refractivity contribution in [2.24, 2.45) is 0 Å².